The van der Waals surface area contributed by atoms with Crippen molar-refractivity contribution in [1.82, 2.24) is 0 Å². The van der Waals surface area contributed by atoms with Gasteiger partial charge in [-0.05, 0) is 13.8 Å². The van der Waals surface area contributed by atoms with E-state index < -0.39 is 17.0 Å². The number of rotatable bonds is 6. The van der Waals surface area contributed by atoms with Crippen molar-refractivity contribution >= 4 is 17.3 Å². The zero-order valence-corrected chi connectivity index (χ0v) is 10.6. The lowest BCUT2D eigenvalue weighted by atomic mass is 9.84. The number of hydrogen-bond donors (Lipinski definition) is 0. The summed E-state index contributed by atoms with van der Waals surface area (Å²) in [6.45, 7) is 6.72. The molecule has 0 atom stereocenters. The maximum Gasteiger partial charge on any atom is 0.208 e. The van der Waals surface area contributed by atoms with Gasteiger partial charge in [0.2, 0.25) is 11.6 Å². The van der Waals surface area contributed by atoms with E-state index in [0.29, 0.717) is 5.56 Å². The van der Waals surface area contributed by atoms with Gasteiger partial charge in [0.1, 0.15) is 0 Å². The van der Waals surface area contributed by atoms with Crippen LogP contribution in [-0.4, -0.2) is 17.3 Å². The van der Waals surface area contributed by atoms with E-state index in [1.165, 1.54) is 6.08 Å². The summed E-state index contributed by atoms with van der Waals surface area (Å²) in [4.78, 5) is 35.3. The van der Waals surface area contributed by atoms with Crippen molar-refractivity contribution in [2.24, 2.45) is 5.41 Å². The molecule has 0 aliphatic carbocycles. The van der Waals surface area contributed by atoms with E-state index in [4.69, 9.17) is 0 Å². The van der Waals surface area contributed by atoms with Crippen LogP contribution in [-0.2, 0) is 9.59 Å². The summed E-state index contributed by atoms with van der Waals surface area (Å²) in [5.41, 5.74) is -0.483. The molecular weight excluding hydrogens is 228 g/mol. The van der Waals surface area contributed by atoms with Gasteiger partial charge >= 0.3 is 0 Å². The second-order valence-corrected chi connectivity index (χ2v) is 4.64. The van der Waals surface area contributed by atoms with Crippen molar-refractivity contribution in [2.45, 2.75) is 20.3 Å². The Kier molecular flexibility index (Phi) is 4.32. The van der Waals surface area contributed by atoms with Gasteiger partial charge in [-0.2, -0.15) is 0 Å². The molecule has 18 heavy (non-hydrogen) atoms. The van der Waals surface area contributed by atoms with Gasteiger partial charge in [-0.3, -0.25) is 14.4 Å². The summed E-state index contributed by atoms with van der Waals surface area (Å²) in [6.07, 6.45) is 1.03. The molecule has 94 valence electrons. The number of allylic oxidation sites excluding steroid dienone is 1. The fourth-order valence-corrected chi connectivity index (χ4v) is 1.40. The summed E-state index contributed by atoms with van der Waals surface area (Å²) in [5.74, 6) is -1.59. The molecule has 0 aliphatic rings. The molecule has 1 aromatic carbocycles. The molecule has 0 saturated heterocycles. The van der Waals surface area contributed by atoms with Gasteiger partial charge in [0.15, 0.2) is 5.78 Å². The van der Waals surface area contributed by atoms with E-state index >= 15 is 0 Å². The van der Waals surface area contributed by atoms with Crippen molar-refractivity contribution in [3.63, 3.8) is 0 Å². The third-order valence-corrected chi connectivity index (χ3v) is 2.77. The number of benzene rings is 1. The molecule has 0 aromatic heterocycles. The number of carbonyl (C=O) groups is 3. The molecule has 0 saturated carbocycles. The van der Waals surface area contributed by atoms with Crippen molar-refractivity contribution in [2.75, 3.05) is 0 Å². The maximum atomic E-state index is 11.8. The maximum absolute atomic E-state index is 11.8. The molecule has 0 bridgehead atoms. The van der Waals surface area contributed by atoms with Gasteiger partial charge in [-0.1, -0.05) is 36.4 Å². The number of hydrogen-bond acceptors (Lipinski definition) is 3. The summed E-state index contributed by atoms with van der Waals surface area (Å²) >= 11 is 0. The Balaban J connectivity index is 2.75. The van der Waals surface area contributed by atoms with Crippen LogP contribution in [0.5, 0.6) is 0 Å². The third-order valence-electron chi connectivity index (χ3n) is 2.77. The van der Waals surface area contributed by atoms with Gasteiger partial charge in [0.25, 0.3) is 0 Å². The van der Waals surface area contributed by atoms with Crippen LogP contribution in [0.15, 0.2) is 43.0 Å². The van der Waals surface area contributed by atoms with Crippen molar-refractivity contribution in [3.05, 3.63) is 48.6 Å². The Bertz CT molecular complexity index is 484. The Hall–Kier alpha value is -2.03. The van der Waals surface area contributed by atoms with Gasteiger partial charge in [-0.25, -0.2) is 0 Å². The number of Topliss-reactive ketones (excluding diaryl/α,β-unsaturated/α-hetero) is 3. The van der Waals surface area contributed by atoms with Crippen LogP contribution in [0.1, 0.15) is 30.6 Å². The molecule has 3 nitrogen and oxygen atoms in total. The molecular formula is C15H16O3. The zero-order chi connectivity index (χ0) is 13.8. The minimum atomic E-state index is -0.923. The van der Waals surface area contributed by atoms with E-state index in [1.54, 1.807) is 44.2 Å². The Morgan fingerprint density at radius 1 is 1.17 bits per heavy atom. The highest BCUT2D eigenvalue weighted by atomic mass is 16.2. The lowest BCUT2D eigenvalue weighted by Crippen LogP contribution is -2.30. The third kappa shape index (κ3) is 3.23. The van der Waals surface area contributed by atoms with E-state index in [0.717, 1.165) is 0 Å². The van der Waals surface area contributed by atoms with Crippen LogP contribution in [0.3, 0.4) is 0 Å². The largest absolute Gasteiger partial charge is 0.294 e. The molecule has 1 rings (SSSR count). The Morgan fingerprint density at radius 2 is 1.72 bits per heavy atom. The molecule has 0 spiro atoms. The molecule has 0 N–H and O–H groups in total. The standard InChI is InChI=1S/C15H16O3/c1-4-15(2,3)14(18)13(17)10-12(16)11-8-6-5-7-9-11/h4-9H,1,10H2,2-3H3. The first kappa shape index (κ1) is 14.0. The highest BCUT2D eigenvalue weighted by molar-refractivity contribution is 6.43. The monoisotopic (exact) mass is 244 g/mol. The van der Waals surface area contributed by atoms with Gasteiger partial charge in [0.05, 0.1) is 6.42 Å². The van der Waals surface area contributed by atoms with E-state index in [2.05, 4.69) is 6.58 Å². The summed E-state index contributed by atoms with van der Waals surface area (Å²) < 4.78 is 0. The van der Waals surface area contributed by atoms with Crippen LogP contribution >= 0.6 is 0 Å². The van der Waals surface area contributed by atoms with Gasteiger partial charge < -0.3 is 0 Å². The van der Waals surface area contributed by atoms with Crippen molar-refractivity contribution in [1.29, 1.82) is 0 Å². The highest BCUT2D eigenvalue weighted by Gasteiger charge is 2.30. The first-order chi connectivity index (χ1) is 8.38. The van der Waals surface area contributed by atoms with Crippen molar-refractivity contribution in [3.8, 4) is 0 Å². The molecule has 0 unspecified atom stereocenters. The van der Waals surface area contributed by atoms with Gasteiger partial charge in [0, 0.05) is 11.0 Å². The van der Waals surface area contributed by atoms with Gasteiger partial charge in [-0.15, -0.1) is 6.58 Å². The van der Waals surface area contributed by atoms with Crippen molar-refractivity contribution < 1.29 is 14.4 Å². The predicted molar refractivity (Wildman–Crippen MR) is 69.4 cm³/mol. The normalized spacial score (nSPS) is 10.8. The van der Waals surface area contributed by atoms with Crippen LogP contribution in [0, 0.1) is 5.41 Å². The second kappa shape index (κ2) is 5.54. The van der Waals surface area contributed by atoms with Crippen LogP contribution in [0.4, 0.5) is 0 Å². The average molecular weight is 244 g/mol. The van der Waals surface area contributed by atoms with Crippen LogP contribution in [0.2, 0.25) is 0 Å². The van der Waals surface area contributed by atoms with E-state index in [9.17, 15) is 14.4 Å². The predicted octanol–water partition coefficient (Wildman–Crippen LogP) is 2.61. The minimum absolute atomic E-state index is 0.339. The molecule has 0 radical (unpaired) electrons. The molecule has 0 fully saturated rings. The summed E-state index contributed by atoms with van der Waals surface area (Å²) in [6, 6.07) is 8.46. The smallest absolute Gasteiger partial charge is 0.208 e. The zero-order valence-electron chi connectivity index (χ0n) is 10.6. The highest BCUT2D eigenvalue weighted by Crippen LogP contribution is 2.19. The summed E-state index contributed by atoms with van der Waals surface area (Å²) in [5, 5.41) is 0. The first-order valence-corrected chi connectivity index (χ1v) is 5.68. The number of ketones is 3. The number of carbonyl (C=O) groups excluding carboxylic acids is 3. The molecule has 3 heteroatoms. The lowest BCUT2D eigenvalue weighted by molar-refractivity contribution is -0.139. The van der Waals surface area contributed by atoms with E-state index in [1.807, 2.05) is 0 Å². The molecule has 0 aliphatic heterocycles. The SMILES string of the molecule is C=CC(C)(C)C(=O)C(=O)CC(=O)c1ccccc1. The minimum Gasteiger partial charge on any atom is -0.294 e. The second-order valence-electron chi connectivity index (χ2n) is 4.64. The van der Waals surface area contributed by atoms with Crippen LogP contribution < -0.4 is 0 Å². The van der Waals surface area contributed by atoms with E-state index in [-0.39, 0.29) is 12.2 Å². The van der Waals surface area contributed by atoms with Crippen LogP contribution in [0.25, 0.3) is 0 Å². The average Bonchev–Trinajstić information content (AvgIpc) is 2.38. The Labute approximate surface area is 107 Å². The fraction of sp³-hybridized carbons (Fsp3) is 0.267. The quantitative estimate of drug-likeness (QED) is 0.334. The molecule has 1 aromatic rings. The summed E-state index contributed by atoms with van der Waals surface area (Å²) in [7, 11) is 0. The lowest BCUT2D eigenvalue weighted by Gasteiger charge is -2.16. The first-order valence-electron chi connectivity index (χ1n) is 5.68. The molecule has 0 amide bonds. The molecule has 0 heterocycles. The Morgan fingerprint density at radius 3 is 2.22 bits per heavy atom. The fourth-order valence-electron chi connectivity index (χ4n) is 1.40. The topological polar surface area (TPSA) is 51.2 Å².